The Morgan fingerprint density at radius 3 is 3.12 bits per heavy atom. The van der Waals surface area contributed by atoms with Gasteiger partial charge in [-0.05, 0) is 33.2 Å². The highest BCUT2D eigenvalue weighted by atomic mass is 32.1. The fraction of sp³-hybridized carbons (Fsp3) is 0.667. The lowest BCUT2D eigenvalue weighted by molar-refractivity contribution is -0.118. The summed E-state index contributed by atoms with van der Waals surface area (Å²) in [6.45, 7) is 5.73. The molecule has 0 amide bonds. The first-order valence-corrected chi connectivity index (χ1v) is 6.67. The second-order valence-electron chi connectivity index (χ2n) is 4.53. The predicted molar refractivity (Wildman–Crippen MR) is 65.6 cm³/mol. The van der Waals surface area contributed by atoms with Crippen molar-refractivity contribution in [1.29, 1.82) is 0 Å². The lowest BCUT2D eigenvalue weighted by Crippen LogP contribution is -2.30. The summed E-state index contributed by atoms with van der Waals surface area (Å²) in [5.41, 5.74) is 1.15. The summed E-state index contributed by atoms with van der Waals surface area (Å²) in [4.78, 5) is 18.0. The minimum Gasteiger partial charge on any atom is -0.300 e. The first kappa shape index (κ1) is 11.7. The number of nitrogens with zero attached hydrogens (tertiary/aromatic N) is 2. The zero-order chi connectivity index (χ0) is 11.5. The van der Waals surface area contributed by atoms with Gasteiger partial charge in [-0.25, -0.2) is 4.98 Å². The summed E-state index contributed by atoms with van der Waals surface area (Å²) in [5, 5.41) is 3.25. The third-order valence-electron chi connectivity index (χ3n) is 3.05. The number of carbonyl (C=O) groups excluding carboxylic acids is 1. The van der Waals surface area contributed by atoms with E-state index in [1.807, 2.05) is 6.92 Å². The number of hydrogen-bond acceptors (Lipinski definition) is 4. The highest BCUT2D eigenvalue weighted by Crippen LogP contribution is 2.23. The van der Waals surface area contributed by atoms with Gasteiger partial charge >= 0.3 is 0 Å². The SMILES string of the molecule is CC(=O)CC1CCCN1Cc1csc(C)n1. The van der Waals surface area contributed by atoms with Gasteiger partial charge in [0.25, 0.3) is 0 Å². The van der Waals surface area contributed by atoms with Crippen LogP contribution in [0.4, 0.5) is 0 Å². The number of thiazole rings is 1. The zero-order valence-electron chi connectivity index (χ0n) is 9.90. The Morgan fingerprint density at radius 1 is 1.69 bits per heavy atom. The van der Waals surface area contributed by atoms with Crippen LogP contribution in [0.15, 0.2) is 5.38 Å². The largest absolute Gasteiger partial charge is 0.300 e. The second kappa shape index (κ2) is 5.06. The van der Waals surface area contributed by atoms with Gasteiger partial charge in [-0.2, -0.15) is 0 Å². The molecule has 0 aliphatic carbocycles. The molecule has 4 heteroatoms. The molecule has 16 heavy (non-hydrogen) atoms. The lowest BCUT2D eigenvalue weighted by Gasteiger charge is -2.22. The van der Waals surface area contributed by atoms with Gasteiger partial charge < -0.3 is 0 Å². The van der Waals surface area contributed by atoms with Crippen LogP contribution in [0.3, 0.4) is 0 Å². The summed E-state index contributed by atoms with van der Waals surface area (Å²) in [6, 6.07) is 0.444. The predicted octanol–water partition coefficient (Wildman–Crippen LogP) is 2.40. The van der Waals surface area contributed by atoms with Crippen molar-refractivity contribution in [3.63, 3.8) is 0 Å². The fourth-order valence-corrected chi connectivity index (χ4v) is 2.96. The molecule has 0 spiro atoms. The highest BCUT2D eigenvalue weighted by Gasteiger charge is 2.25. The summed E-state index contributed by atoms with van der Waals surface area (Å²) in [7, 11) is 0. The van der Waals surface area contributed by atoms with Gasteiger partial charge in [0.05, 0.1) is 10.7 Å². The Labute approximate surface area is 100 Å². The normalized spacial score (nSPS) is 21.5. The average molecular weight is 238 g/mol. The molecule has 0 aromatic carbocycles. The van der Waals surface area contributed by atoms with Crippen molar-refractivity contribution in [3.8, 4) is 0 Å². The number of aromatic nitrogens is 1. The van der Waals surface area contributed by atoms with Crippen LogP contribution >= 0.6 is 11.3 Å². The van der Waals surface area contributed by atoms with Gasteiger partial charge in [0.1, 0.15) is 5.78 Å². The smallest absolute Gasteiger partial charge is 0.131 e. The van der Waals surface area contributed by atoms with Crippen LogP contribution in [0.1, 0.15) is 36.9 Å². The van der Waals surface area contributed by atoms with Gasteiger partial charge in [-0.3, -0.25) is 9.69 Å². The van der Waals surface area contributed by atoms with E-state index in [4.69, 9.17) is 0 Å². The van der Waals surface area contributed by atoms with Crippen molar-refractivity contribution >= 4 is 17.1 Å². The molecule has 3 nitrogen and oxygen atoms in total. The van der Waals surface area contributed by atoms with Gasteiger partial charge in [0.2, 0.25) is 0 Å². The van der Waals surface area contributed by atoms with E-state index in [0.717, 1.165) is 30.2 Å². The molecule has 2 rings (SSSR count). The minimum absolute atomic E-state index is 0.298. The number of Topliss-reactive ketones (excluding diaryl/α,β-unsaturated/α-hetero) is 1. The molecule has 0 saturated carbocycles. The Morgan fingerprint density at radius 2 is 2.50 bits per heavy atom. The molecule has 1 aliphatic rings. The van der Waals surface area contributed by atoms with Crippen LogP contribution in [0.2, 0.25) is 0 Å². The number of ketones is 1. The topological polar surface area (TPSA) is 33.2 Å². The molecule has 1 fully saturated rings. The number of rotatable bonds is 4. The summed E-state index contributed by atoms with van der Waals surface area (Å²) < 4.78 is 0. The van der Waals surface area contributed by atoms with Gasteiger partial charge in [-0.15, -0.1) is 11.3 Å². The number of aryl methyl sites for hydroxylation is 1. The summed E-state index contributed by atoms with van der Waals surface area (Å²) in [6.07, 6.45) is 3.06. The Kier molecular flexibility index (Phi) is 3.71. The molecule has 1 saturated heterocycles. The van der Waals surface area contributed by atoms with Crippen molar-refractivity contribution < 1.29 is 4.79 Å². The number of carbonyl (C=O) groups is 1. The standard InChI is InChI=1S/C12H18N2OS/c1-9(15)6-12-4-3-5-14(12)7-11-8-16-10(2)13-11/h8,12H,3-7H2,1-2H3. The van der Waals surface area contributed by atoms with E-state index < -0.39 is 0 Å². The van der Waals surface area contributed by atoms with Gasteiger partial charge in [0, 0.05) is 24.4 Å². The second-order valence-corrected chi connectivity index (χ2v) is 5.59. The van der Waals surface area contributed by atoms with E-state index in [0.29, 0.717) is 18.2 Å². The molecule has 88 valence electrons. The van der Waals surface area contributed by atoms with E-state index >= 15 is 0 Å². The van der Waals surface area contributed by atoms with Crippen molar-refractivity contribution in [1.82, 2.24) is 9.88 Å². The van der Waals surface area contributed by atoms with Crippen LogP contribution in [-0.4, -0.2) is 28.3 Å². The molecule has 1 aliphatic heterocycles. The quantitative estimate of drug-likeness (QED) is 0.807. The number of hydrogen-bond donors (Lipinski definition) is 0. The van der Waals surface area contributed by atoms with Crippen molar-refractivity contribution in [2.24, 2.45) is 0 Å². The van der Waals surface area contributed by atoms with E-state index in [1.54, 1.807) is 18.3 Å². The molecule has 1 atom stereocenters. The third kappa shape index (κ3) is 2.89. The Hall–Kier alpha value is -0.740. The van der Waals surface area contributed by atoms with Crippen molar-refractivity contribution in [2.75, 3.05) is 6.54 Å². The Bertz CT molecular complexity index is 375. The monoisotopic (exact) mass is 238 g/mol. The molecule has 0 bridgehead atoms. The first-order chi connectivity index (χ1) is 7.65. The van der Waals surface area contributed by atoms with Crippen molar-refractivity contribution in [2.45, 2.75) is 45.7 Å². The third-order valence-corrected chi connectivity index (χ3v) is 3.88. The zero-order valence-corrected chi connectivity index (χ0v) is 10.7. The molecule has 0 radical (unpaired) electrons. The highest BCUT2D eigenvalue weighted by molar-refractivity contribution is 7.09. The van der Waals surface area contributed by atoms with E-state index in [-0.39, 0.29) is 0 Å². The molecule has 1 unspecified atom stereocenters. The van der Waals surface area contributed by atoms with Crippen LogP contribution < -0.4 is 0 Å². The Balaban J connectivity index is 1.95. The molecular formula is C12H18N2OS. The maximum Gasteiger partial charge on any atom is 0.131 e. The molecule has 1 aromatic heterocycles. The average Bonchev–Trinajstić information content (AvgIpc) is 2.77. The van der Waals surface area contributed by atoms with Crippen LogP contribution in [0.5, 0.6) is 0 Å². The van der Waals surface area contributed by atoms with E-state index in [1.165, 1.54) is 6.42 Å². The van der Waals surface area contributed by atoms with Gasteiger partial charge in [0.15, 0.2) is 0 Å². The first-order valence-electron chi connectivity index (χ1n) is 5.79. The fourth-order valence-electron chi connectivity index (χ4n) is 2.36. The molecule has 2 heterocycles. The summed E-state index contributed by atoms with van der Waals surface area (Å²) in [5.74, 6) is 0.298. The number of likely N-dealkylation sites (tertiary alicyclic amines) is 1. The maximum absolute atomic E-state index is 11.2. The lowest BCUT2D eigenvalue weighted by atomic mass is 10.1. The molecule has 1 aromatic rings. The van der Waals surface area contributed by atoms with Crippen molar-refractivity contribution in [3.05, 3.63) is 16.1 Å². The van der Waals surface area contributed by atoms with Crippen LogP contribution in [-0.2, 0) is 11.3 Å². The van der Waals surface area contributed by atoms with Gasteiger partial charge in [-0.1, -0.05) is 0 Å². The minimum atomic E-state index is 0.298. The maximum atomic E-state index is 11.2. The molecular weight excluding hydrogens is 220 g/mol. The van der Waals surface area contributed by atoms with E-state index in [2.05, 4.69) is 15.3 Å². The van der Waals surface area contributed by atoms with E-state index in [9.17, 15) is 4.79 Å². The molecule has 0 N–H and O–H groups in total. The van der Waals surface area contributed by atoms with Crippen LogP contribution in [0.25, 0.3) is 0 Å². The van der Waals surface area contributed by atoms with Crippen LogP contribution in [0, 0.1) is 6.92 Å². The summed E-state index contributed by atoms with van der Waals surface area (Å²) >= 11 is 1.70.